The number of halogens is 1. The third-order valence-electron chi connectivity index (χ3n) is 2.83. The summed E-state index contributed by atoms with van der Waals surface area (Å²) in [5.41, 5.74) is 2.06. The molecule has 0 fully saturated rings. The molecule has 114 valence electrons. The van der Waals surface area contributed by atoms with E-state index in [9.17, 15) is 14.0 Å². The van der Waals surface area contributed by atoms with Gasteiger partial charge in [-0.25, -0.2) is 9.18 Å². The van der Waals surface area contributed by atoms with Crippen LogP contribution in [-0.4, -0.2) is 18.5 Å². The van der Waals surface area contributed by atoms with Crippen molar-refractivity contribution in [3.63, 3.8) is 0 Å². The minimum Gasteiger partial charge on any atom is -0.329 e. The van der Waals surface area contributed by atoms with Crippen LogP contribution in [0.15, 0.2) is 48.5 Å². The van der Waals surface area contributed by atoms with Crippen molar-refractivity contribution in [1.82, 2.24) is 5.32 Å². The van der Waals surface area contributed by atoms with Gasteiger partial charge in [0.25, 0.3) is 0 Å². The number of anilines is 2. The van der Waals surface area contributed by atoms with E-state index in [0.29, 0.717) is 11.4 Å². The lowest BCUT2D eigenvalue weighted by molar-refractivity contribution is -0.115. The summed E-state index contributed by atoms with van der Waals surface area (Å²) in [7, 11) is 0. The highest BCUT2D eigenvalue weighted by Gasteiger charge is 2.06. The van der Waals surface area contributed by atoms with Gasteiger partial charge in [0, 0.05) is 11.4 Å². The summed E-state index contributed by atoms with van der Waals surface area (Å²) in [6, 6.07) is 12.3. The molecular weight excluding hydrogens is 285 g/mol. The van der Waals surface area contributed by atoms with E-state index in [-0.39, 0.29) is 6.54 Å². The molecule has 0 heterocycles. The molecule has 0 atom stereocenters. The molecule has 0 saturated carbocycles. The molecule has 2 rings (SSSR count). The van der Waals surface area contributed by atoms with E-state index in [1.807, 2.05) is 19.1 Å². The fraction of sp³-hybridized carbons (Fsp3) is 0.125. The van der Waals surface area contributed by atoms with E-state index in [1.165, 1.54) is 18.2 Å². The van der Waals surface area contributed by atoms with Crippen LogP contribution in [0.2, 0.25) is 0 Å². The summed E-state index contributed by atoms with van der Waals surface area (Å²) in [5, 5.41) is 7.52. The molecule has 3 amide bonds. The van der Waals surface area contributed by atoms with Crippen molar-refractivity contribution in [3.05, 3.63) is 59.9 Å². The molecule has 0 radical (unpaired) electrons. The molecule has 6 heteroatoms. The van der Waals surface area contributed by atoms with Crippen LogP contribution >= 0.6 is 0 Å². The first-order chi connectivity index (χ1) is 10.5. The second-order valence-corrected chi connectivity index (χ2v) is 4.73. The minimum absolute atomic E-state index is 0.214. The third kappa shape index (κ3) is 4.90. The van der Waals surface area contributed by atoms with Crippen LogP contribution < -0.4 is 16.0 Å². The number of benzene rings is 2. The summed E-state index contributed by atoms with van der Waals surface area (Å²) < 4.78 is 13.0. The maximum atomic E-state index is 13.0. The van der Waals surface area contributed by atoms with Crippen molar-refractivity contribution < 1.29 is 14.0 Å². The first-order valence-corrected chi connectivity index (χ1v) is 6.70. The lowest BCUT2D eigenvalue weighted by Gasteiger charge is -2.08. The van der Waals surface area contributed by atoms with Crippen molar-refractivity contribution in [2.75, 3.05) is 17.2 Å². The largest absolute Gasteiger partial charge is 0.329 e. The zero-order chi connectivity index (χ0) is 15.9. The highest BCUT2D eigenvalue weighted by Crippen LogP contribution is 2.09. The van der Waals surface area contributed by atoms with Crippen LogP contribution in [0, 0.1) is 12.7 Å². The Kier molecular flexibility index (Phi) is 5.08. The van der Waals surface area contributed by atoms with Crippen molar-refractivity contribution in [2.45, 2.75) is 6.92 Å². The summed E-state index contributed by atoms with van der Waals surface area (Å²) >= 11 is 0. The fourth-order valence-corrected chi connectivity index (χ4v) is 1.74. The monoisotopic (exact) mass is 301 g/mol. The number of rotatable bonds is 4. The predicted octanol–water partition coefficient (Wildman–Crippen LogP) is 2.89. The third-order valence-corrected chi connectivity index (χ3v) is 2.83. The molecule has 0 spiro atoms. The Morgan fingerprint density at radius 3 is 2.41 bits per heavy atom. The molecular formula is C16H16FN3O2. The number of carbonyl (C=O) groups is 2. The molecule has 0 aliphatic heterocycles. The average Bonchev–Trinajstić information content (AvgIpc) is 2.48. The van der Waals surface area contributed by atoms with Crippen molar-refractivity contribution in [2.24, 2.45) is 0 Å². The van der Waals surface area contributed by atoms with Gasteiger partial charge in [-0.2, -0.15) is 0 Å². The number of nitrogens with one attached hydrogen (secondary N) is 3. The van der Waals surface area contributed by atoms with E-state index in [0.717, 1.165) is 5.56 Å². The topological polar surface area (TPSA) is 70.2 Å². The predicted molar refractivity (Wildman–Crippen MR) is 83.2 cm³/mol. The van der Waals surface area contributed by atoms with Crippen molar-refractivity contribution in [3.8, 4) is 0 Å². The van der Waals surface area contributed by atoms with E-state index in [1.54, 1.807) is 18.2 Å². The van der Waals surface area contributed by atoms with Gasteiger partial charge in [0.05, 0.1) is 6.54 Å². The van der Waals surface area contributed by atoms with Crippen molar-refractivity contribution >= 4 is 23.3 Å². The number of hydrogen-bond acceptors (Lipinski definition) is 2. The normalized spacial score (nSPS) is 9.91. The molecule has 0 unspecified atom stereocenters. The van der Waals surface area contributed by atoms with E-state index < -0.39 is 17.8 Å². The zero-order valence-electron chi connectivity index (χ0n) is 12.0. The molecule has 2 aromatic rings. The summed E-state index contributed by atoms with van der Waals surface area (Å²) in [6.45, 7) is 1.73. The molecule has 0 bridgehead atoms. The number of urea groups is 1. The van der Waals surface area contributed by atoms with Crippen LogP contribution in [0.5, 0.6) is 0 Å². The fourth-order valence-electron chi connectivity index (χ4n) is 1.74. The van der Waals surface area contributed by atoms with Crippen molar-refractivity contribution in [1.29, 1.82) is 0 Å². The van der Waals surface area contributed by atoms with Gasteiger partial charge in [-0.05, 0) is 37.3 Å². The zero-order valence-corrected chi connectivity index (χ0v) is 12.0. The van der Waals surface area contributed by atoms with Crippen LogP contribution in [0.1, 0.15) is 5.56 Å². The Morgan fingerprint density at radius 2 is 1.73 bits per heavy atom. The first kappa shape index (κ1) is 15.5. The molecule has 22 heavy (non-hydrogen) atoms. The first-order valence-electron chi connectivity index (χ1n) is 6.70. The second kappa shape index (κ2) is 7.21. The highest BCUT2D eigenvalue weighted by atomic mass is 19.1. The Bertz CT molecular complexity index is 671. The van der Waals surface area contributed by atoms with Gasteiger partial charge in [0.1, 0.15) is 5.82 Å². The number of carbonyl (C=O) groups excluding carboxylic acids is 2. The van der Waals surface area contributed by atoms with Gasteiger partial charge in [-0.15, -0.1) is 0 Å². The Balaban J connectivity index is 1.78. The molecule has 2 aromatic carbocycles. The average molecular weight is 301 g/mol. The Morgan fingerprint density at radius 1 is 1.00 bits per heavy atom. The molecule has 3 N–H and O–H groups in total. The highest BCUT2D eigenvalue weighted by molar-refractivity contribution is 5.96. The van der Waals surface area contributed by atoms with Gasteiger partial charge >= 0.3 is 6.03 Å². The second-order valence-electron chi connectivity index (χ2n) is 4.73. The lowest BCUT2D eigenvalue weighted by Crippen LogP contribution is -2.35. The molecule has 0 aliphatic carbocycles. The minimum atomic E-state index is -0.488. The summed E-state index contributed by atoms with van der Waals surface area (Å²) in [5.74, 6) is -0.882. The molecule has 5 nitrogen and oxygen atoms in total. The van der Waals surface area contributed by atoms with E-state index in [2.05, 4.69) is 16.0 Å². The summed E-state index contributed by atoms with van der Waals surface area (Å²) in [6.07, 6.45) is 0. The van der Waals surface area contributed by atoms with Gasteiger partial charge in [-0.3, -0.25) is 4.79 Å². The maximum Gasteiger partial charge on any atom is 0.319 e. The van der Waals surface area contributed by atoms with Crippen LogP contribution in [0.25, 0.3) is 0 Å². The van der Waals surface area contributed by atoms with Gasteiger partial charge in [-0.1, -0.05) is 23.8 Å². The number of hydrogen-bond donors (Lipinski definition) is 3. The smallest absolute Gasteiger partial charge is 0.319 e. The maximum absolute atomic E-state index is 13.0. The van der Waals surface area contributed by atoms with E-state index in [4.69, 9.17) is 0 Å². The van der Waals surface area contributed by atoms with E-state index >= 15 is 0 Å². The standard InChI is InChI=1S/C16H16FN3O2/c1-11-5-7-13(8-6-11)20-16(22)18-10-15(21)19-14-4-2-3-12(17)9-14/h2-9H,10H2,1H3,(H,19,21)(H2,18,20,22). The van der Waals surface area contributed by atoms with Crippen LogP contribution in [-0.2, 0) is 4.79 Å². The Labute approximate surface area is 127 Å². The lowest BCUT2D eigenvalue weighted by atomic mass is 10.2. The van der Waals surface area contributed by atoms with Gasteiger partial charge < -0.3 is 16.0 Å². The molecule has 0 aromatic heterocycles. The number of aryl methyl sites for hydroxylation is 1. The molecule has 0 saturated heterocycles. The summed E-state index contributed by atoms with van der Waals surface area (Å²) in [4.78, 5) is 23.3. The van der Waals surface area contributed by atoms with Crippen LogP contribution in [0.3, 0.4) is 0 Å². The SMILES string of the molecule is Cc1ccc(NC(=O)NCC(=O)Nc2cccc(F)c2)cc1. The number of amides is 3. The van der Waals surface area contributed by atoms with Gasteiger partial charge in [0.2, 0.25) is 5.91 Å². The Hall–Kier alpha value is -2.89. The van der Waals surface area contributed by atoms with Crippen LogP contribution in [0.4, 0.5) is 20.6 Å². The quantitative estimate of drug-likeness (QED) is 0.812. The molecule has 0 aliphatic rings. The van der Waals surface area contributed by atoms with Gasteiger partial charge in [0.15, 0.2) is 0 Å².